The van der Waals surface area contributed by atoms with Crippen molar-refractivity contribution in [2.75, 3.05) is 26.4 Å². The van der Waals surface area contributed by atoms with E-state index in [-0.39, 0.29) is 9.79 Å². The first kappa shape index (κ1) is 43.5. The van der Waals surface area contributed by atoms with Crippen LogP contribution in [0.4, 0.5) is 0 Å². The average molecular weight is 931 g/mol. The van der Waals surface area contributed by atoms with Crippen LogP contribution in [0, 0.1) is 13.8 Å². The van der Waals surface area contributed by atoms with Crippen molar-refractivity contribution in [1.29, 1.82) is 0 Å². The Morgan fingerprint density at radius 3 is 1.23 bits per heavy atom. The summed E-state index contributed by atoms with van der Waals surface area (Å²) in [7, 11) is -7.67. The zero-order valence-electron chi connectivity index (χ0n) is 35.2. The fourth-order valence-corrected chi connectivity index (χ4v) is 12.6. The summed E-state index contributed by atoms with van der Waals surface area (Å²) in [5.41, 5.74) is 3.90. The van der Waals surface area contributed by atoms with Gasteiger partial charge in [0.25, 0.3) is 0 Å². The molecular weight excluding hydrogens is 885 g/mol. The average Bonchev–Trinajstić information content (AvgIpc) is 3.76. The van der Waals surface area contributed by atoms with Gasteiger partial charge in [-0.25, -0.2) is 16.8 Å². The molecule has 14 heteroatoms. The van der Waals surface area contributed by atoms with Crippen LogP contribution < -0.4 is 28.4 Å². The molecule has 0 aliphatic carbocycles. The van der Waals surface area contributed by atoms with Crippen LogP contribution in [0.3, 0.4) is 0 Å². The summed E-state index contributed by atoms with van der Waals surface area (Å²) in [6, 6.07) is 44.5. The van der Waals surface area contributed by atoms with Crippen LogP contribution in [-0.2, 0) is 20.0 Å². The summed E-state index contributed by atoms with van der Waals surface area (Å²) < 4.78 is 84.8. The Balaban J connectivity index is 0.000000162. The van der Waals surface area contributed by atoms with Crippen LogP contribution >= 0.6 is 22.7 Å². The van der Waals surface area contributed by atoms with Crippen molar-refractivity contribution in [3.05, 3.63) is 178 Å². The first-order chi connectivity index (χ1) is 31.0. The van der Waals surface area contributed by atoms with Crippen LogP contribution in [0.15, 0.2) is 155 Å². The molecule has 2 aliphatic heterocycles. The maximum absolute atomic E-state index is 13.5. The highest BCUT2D eigenvalue weighted by molar-refractivity contribution is 7.89. The maximum atomic E-state index is 13.5. The van der Waals surface area contributed by atoms with Gasteiger partial charge in [0.05, 0.1) is 48.3 Å². The third kappa shape index (κ3) is 9.53. The minimum Gasteiger partial charge on any atom is -0.490 e. The Morgan fingerprint density at radius 2 is 0.828 bits per heavy atom. The number of hydrogen-bond acceptors (Lipinski definition) is 10. The van der Waals surface area contributed by atoms with Gasteiger partial charge < -0.3 is 18.9 Å². The Labute approximate surface area is 381 Å². The molecule has 0 fully saturated rings. The van der Waals surface area contributed by atoms with Crippen LogP contribution in [-0.4, -0.2) is 43.3 Å². The number of aryl methyl sites for hydroxylation is 2. The van der Waals surface area contributed by atoms with Gasteiger partial charge in [-0.05, 0) is 95.4 Å². The number of fused-ring (bicyclic) bond motifs is 4. The van der Waals surface area contributed by atoms with Crippen molar-refractivity contribution < 1.29 is 35.8 Å². The lowest BCUT2D eigenvalue weighted by Gasteiger charge is -2.20. The molecule has 328 valence electrons. The highest BCUT2D eigenvalue weighted by Gasteiger charge is 2.29. The molecule has 0 saturated heterocycles. The van der Waals surface area contributed by atoms with Crippen LogP contribution in [0.5, 0.6) is 23.0 Å². The van der Waals surface area contributed by atoms with E-state index in [2.05, 4.69) is 33.7 Å². The van der Waals surface area contributed by atoms with Gasteiger partial charge in [0.15, 0.2) is 23.0 Å². The van der Waals surface area contributed by atoms with E-state index < -0.39 is 32.1 Å². The van der Waals surface area contributed by atoms with Gasteiger partial charge in [0, 0.05) is 44.1 Å². The van der Waals surface area contributed by atoms with Crippen LogP contribution in [0.1, 0.15) is 56.9 Å². The minimum absolute atomic E-state index is 0.154. The summed E-state index contributed by atoms with van der Waals surface area (Å²) in [6.07, 6.45) is 1.52. The summed E-state index contributed by atoms with van der Waals surface area (Å²) >= 11 is 3.20. The van der Waals surface area contributed by atoms with E-state index in [1.165, 1.54) is 0 Å². The summed E-state index contributed by atoms with van der Waals surface area (Å²) in [6.45, 7) is 6.10. The van der Waals surface area contributed by atoms with Crippen LogP contribution in [0.25, 0.3) is 20.2 Å². The van der Waals surface area contributed by atoms with Crippen molar-refractivity contribution in [3.8, 4) is 23.0 Å². The van der Waals surface area contributed by atoms with E-state index in [0.29, 0.717) is 49.4 Å². The first-order valence-corrected chi connectivity index (χ1v) is 25.5. The van der Waals surface area contributed by atoms with Crippen molar-refractivity contribution in [3.63, 3.8) is 0 Å². The largest absolute Gasteiger partial charge is 0.490 e. The topological polar surface area (TPSA) is 129 Å². The molecule has 10 nitrogen and oxygen atoms in total. The molecule has 2 aliphatic rings. The molecule has 0 saturated carbocycles. The standard InChI is InChI=1S/2C25H23NO4S2/c2*1-17-7-2-4-9-20(17)25(24-15-18-8-3-5-10-23(18)31-24)26-32(27,28)19-11-12-21-22(16-19)30-14-6-13-29-21/h2*2-5,7-12,15-16,25-26H,6,13-14H2,1H3. The summed E-state index contributed by atoms with van der Waals surface area (Å²) in [5.74, 6) is 2.06. The number of ether oxygens (including phenoxy) is 4. The molecule has 6 aromatic carbocycles. The predicted octanol–water partition coefficient (Wildman–Crippen LogP) is 10.9. The minimum atomic E-state index is -3.83. The lowest BCUT2D eigenvalue weighted by Crippen LogP contribution is -2.29. The molecular formula is C50H46N2O8S4. The zero-order valence-corrected chi connectivity index (χ0v) is 38.4. The second-order valence-electron chi connectivity index (χ2n) is 15.5. The quantitative estimate of drug-likeness (QED) is 0.139. The third-order valence-corrected chi connectivity index (χ3v) is 16.3. The third-order valence-electron chi connectivity index (χ3n) is 11.1. The van der Waals surface area contributed by atoms with Gasteiger partial charge in [-0.15, -0.1) is 22.7 Å². The molecule has 2 aromatic heterocycles. The van der Waals surface area contributed by atoms with E-state index in [9.17, 15) is 16.8 Å². The van der Waals surface area contributed by atoms with Gasteiger partial charge in [0.1, 0.15) is 0 Å². The van der Waals surface area contributed by atoms with E-state index in [4.69, 9.17) is 18.9 Å². The summed E-state index contributed by atoms with van der Waals surface area (Å²) in [4.78, 5) is 2.19. The maximum Gasteiger partial charge on any atom is 0.241 e. The normalized spacial score (nSPS) is 14.8. The van der Waals surface area contributed by atoms with Gasteiger partial charge >= 0.3 is 0 Å². The molecule has 0 bridgehead atoms. The van der Waals surface area contributed by atoms with Crippen molar-refractivity contribution >= 4 is 62.9 Å². The lowest BCUT2D eigenvalue weighted by atomic mass is 10.0. The molecule has 10 rings (SSSR count). The second kappa shape index (κ2) is 18.8. The van der Waals surface area contributed by atoms with Gasteiger partial charge in [0.2, 0.25) is 20.0 Å². The molecule has 0 spiro atoms. The molecule has 2 N–H and O–H groups in total. The highest BCUT2D eigenvalue weighted by atomic mass is 32.2. The number of sulfonamides is 2. The van der Waals surface area contributed by atoms with E-state index >= 15 is 0 Å². The van der Waals surface area contributed by atoms with E-state index in [0.717, 1.165) is 65.0 Å². The van der Waals surface area contributed by atoms with E-state index in [1.54, 1.807) is 59.1 Å². The predicted molar refractivity (Wildman–Crippen MR) is 254 cm³/mol. The Bertz CT molecular complexity index is 2900. The van der Waals surface area contributed by atoms with Gasteiger partial charge in [-0.1, -0.05) is 84.9 Å². The highest BCUT2D eigenvalue weighted by Crippen LogP contribution is 2.39. The molecule has 2 atom stereocenters. The first-order valence-electron chi connectivity index (χ1n) is 20.9. The smallest absolute Gasteiger partial charge is 0.241 e. The van der Waals surface area contributed by atoms with E-state index in [1.807, 2.05) is 98.8 Å². The lowest BCUT2D eigenvalue weighted by molar-refractivity contribution is 0.296. The fourth-order valence-electron chi connectivity index (χ4n) is 7.73. The van der Waals surface area contributed by atoms with Gasteiger partial charge in [-0.2, -0.15) is 9.44 Å². The number of benzene rings is 6. The molecule has 0 radical (unpaired) electrons. The second-order valence-corrected chi connectivity index (χ2v) is 21.2. The summed E-state index contributed by atoms with van der Waals surface area (Å²) in [5, 5.41) is 2.20. The Kier molecular flexibility index (Phi) is 12.8. The number of thiophene rings is 2. The van der Waals surface area contributed by atoms with Crippen molar-refractivity contribution in [2.45, 2.75) is 48.6 Å². The molecule has 64 heavy (non-hydrogen) atoms. The number of hydrogen-bond donors (Lipinski definition) is 2. The molecule has 4 heterocycles. The van der Waals surface area contributed by atoms with Crippen LogP contribution in [0.2, 0.25) is 0 Å². The zero-order chi connectivity index (χ0) is 44.3. The van der Waals surface area contributed by atoms with Crippen molar-refractivity contribution in [1.82, 2.24) is 9.44 Å². The van der Waals surface area contributed by atoms with Crippen molar-refractivity contribution in [2.24, 2.45) is 0 Å². The monoisotopic (exact) mass is 930 g/mol. The Hall–Kier alpha value is -5.74. The fraction of sp³-hybridized carbons (Fsp3) is 0.200. The SMILES string of the molecule is Cc1ccccc1C(NS(=O)(=O)c1ccc2c(c1)OCCCO2)c1cc2ccccc2s1.Cc1ccccc1C(NS(=O)(=O)c1ccc2c(c1)OCCCO2)c1cc2ccccc2s1. The molecule has 0 amide bonds. The number of nitrogens with one attached hydrogen (secondary N) is 2. The molecule has 2 unspecified atom stereocenters. The van der Waals surface area contributed by atoms with Gasteiger partial charge in [-0.3, -0.25) is 0 Å². The Morgan fingerprint density at radius 1 is 0.453 bits per heavy atom. The number of rotatable bonds is 10. The molecule has 8 aromatic rings.